The number of hydrogen-bond donors (Lipinski definition) is 2. The van der Waals surface area contributed by atoms with Gasteiger partial charge < -0.3 is 4.74 Å². The number of benzene rings is 2. The molecule has 1 aromatic heterocycles. The molecule has 2 N–H and O–H groups in total. The number of carbonyl (C=O) groups is 1. The average Bonchev–Trinajstić information content (AvgIpc) is 2.71. The van der Waals surface area contributed by atoms with E-state index in [0.717, 1.165) is 11.3 Å². The summed E-state index contributed by atoms with van der Waals surface area (Å²) in [4.78, 5) is 24.3. The molecular weight excluding hydrogens is 356 g/mol. The molecule has 0 radical (unpaired) electrons. The molecule has 144 valence electrons. The van der Waals surface area contributed by atoms with Gasteiger partial charge in [0.2, 0.25) is 0 Å². The van der Waals surface area contributed by atoms with Crippen LogP contribution < -0.4 is 15.7 Å². The van der Waals surface area contributed by atoms with Crippen molar-refractivity contribution in [3.05, 3.63) is 70.1 Å². The molecule has 3 aromatic rings. The van der Waals surface area contributed by atoms with Crippen molar-refractivity contribution in [3.8, 4) is 5.75 Å². The van der Waals surface area contributed by atoms with Gasteiger partial charge in [0.05, 0.1) is 17.7 Å². The highest BCUT2D eigenvalue weighted by atomic mass is 16.5. The van der Waals surface area contributed by atoms with E-state index < -0.39 is 5.91 Å². The third kappa shape index (κ3) is 4.43. The lowest BCUT2D eigenvalue weighted by molar-refractivity contribution is 0.0950. The molecule has 28 heavy (non-hydrogen) atoms. The Balaban J connectivity index is 1.74. The van der Waals surface area contributed by atoms with Gasteiger partial charge in [-0.05, 0) is 48.7 Å². The molecule has 0 fully saturated rings. The Morgan fingerprint density at radius 1 is 1.14 bits per heavy atom. The molecule has 0 saturated heterocycles. The maximum Gasteiger partial charge on any atom is 0.292 e. The van der Waals surface area contributed by atoms with Gasteiger partial charge in [-0.3, -0.25) is 9.59 Å². The molecule has 7 nitrogen and oxygen atoms in total. The summed E-state index contributed by atoms with van der Waals surface area (Å²) in [6.45, 7) is 6.63. The van der Waals surface area contributed by atoms with Crippen LogP contribution in [0.3, 0.4) is 0 Å². The summed E-state index contributed by atoms with van der Waals surface area (Å²) in [6, 6.07) is 14.3. The van der Waals surface area contributed by atoms with E-state index in [-0.39, 0.29) is 11.3 Å². The molecule has 7 heteroatoms. The predicted octanol–water partition coefficient (Wildman–Crippen LogP) is 3.11. The first-order valence-corrected chi connectivity index (χ1v) is 9.01. The van der Waals surface area contributed by atoms with Crippen LogP contribution in [0.1, 0.15) is 36.8 Å². The molecule has 0 bridgehead atoms. The summed E-state index contributed by atoms with van der Waals surface area (Å²) in [5, 5.41) is 11.2. The summed E-state index contributed by atoms with van der Waals surface area (Å²) in [7, 11) is 0. The second kappa shape index (κ2) is 8.47. The van der Waals surface area contributed by atoms with E-state index >= 15 is 0 Å². The highest BCUT2D eigenvalue weighted by molar-refractivity contribution is 6.06. The number of ether oxygens (including phenoxy) is 1. The lowest BCUT2D eigenvalue weighted by Crippen LogP contribution is -2.23. The zero-order chi connectivity index (χ0) is 20.1. The molecule has 1 heterocycles. The smallest absolute Gasteiger partial charge is 0.292 e. The van der Waals surface area contributed by atoms with Gasteiger partial charge in [-0.15, -0.1) is 0 Å². The summed E-state index contributed by atoms with van der Waals surface area (Å²) in [6.07, 6.45) is 0. The van der Waals surface area contributed by atoms with Crippen LogP contribution in [0.5, 0.6) is 5.75 Å². The predicted molar refractivity (Wildman–Crippen MR) is 109 cm³/mol. The second-order valence-corrected chi connectivity index (χ2v) is 6.81. The third-order valence-electron chi connectivity index (χ3n) is 4.09. The number of rotatable bonds is 6. The first-order valence-electron chi connectivity index (χ1n) is 9.01. The molecule has 0 spiro atoms. The third-order valence-corrected chi connectivity index (χ3v) is 4.09. The molecule has 3 rings (SSSR count). The maximum atomic E-state index is 12.5. The number of aromatic amines is 1. The first kappa shape index (κ1) is 19.3. The highest BCUT2D eigenvalue weighted by Gasteiger charge is 2.13. The molecule has 1 amide bonds. The summed E-state index contributed by atoms with van der Waals surface area (Å²) >= 11 is 0. The Morgan fingerprint density at radius 2 is 1.82 bits per heavy atom. The van der Waals surface area contributed by atoms with E-state index in [1.54, 1.807) is 31.2 Å². The minimum Gasteiger partial charge on any atom is -0.493 e. The minimum absolute atomic E-state index is 0.115. The Kier molecular flexibility index (Phi) is 5.84. The molecule has 0 aliphatic rings. The van der Waals surface area contributed by atoms with Gasteiger partial charge >= 0.3 is 0 Å². The number of nitrogens with zero attached hydrogens (tertiary/aromatic N) is 2. The van der Waals surface area contributed by atoms with Crippen LogP contribution in [0.4, 0.5) is 0 Å². The van der Waals surface area contributed by atoms with Gasteiger partial charge in [0, 0.05) is 5.39 Å². The van der Waals surface area contributed by atoms with Gasteiger partial charge in [-0.25, -0.2) is 10.5 Å². The SMILES string of the molecule is C/C(=N/NC(=O)c1n[nH]c(=O)c2ccccc12)c1ccc(OCC(C)C)cc1. The Labute approximate surface area is 162 Å². The molecule has 0 aliphatic carbocycles. The molecule has 0 unspecified atom stereocenters. The van der Waals surface area contributed by atoms with Gasteiger partial charge in [0.15, 0.2) is 5.69 Å². The van der Waals surface area contributed by atoms with E-state index in [0.29, 0.717) is 29.0 Å². The molecule has 0 aliphatic heterocycles. The van der Waals surface area contributed by atoms with Crippen LogP contribution >= 0.6 is 0 Å². The highest BCUT2D eigenvalue weighted by Crippen LogP contribution is 2.14. The van der Waals surface area contributed by atoms with Crippen LogP contribution in [0.25, 0.3) is 10.8 Å². The Hall–Kier alpha value is -3.48. The van der Waals surface area contributed by atoms with Crippen molar-refractivity contribution < 1.29 is 9.53 Å². The van der Waals surface area contributed by atoms with Crippen molar-refractivity contribution >= 4 is 22.4 Å². The molecular formula is C21H22N4O3. The van der Waals surface area contributed by atoms with Crippen LogP contribution in [0.15, 0.2) is 58.4 Å². The van der Waals surface area contributed by atoms with Crippen molar-refractivity contribution in [2.24, 2.45) is 11.0 Å². The number of aromatic nitrogens is 2. The van der Waals surface area contributed by atoms with Gasteiger partial charge in [0.1, 0.15) is 5.75 Å². The number of hydrazone groups is 1. The van der Waals surface area contributed by atoms with Crippen molar-refractivity contribution in [2.45, 2.75) is 20.8 Å². The zero-order valence-electron chi connectivity index (χ0n) is 16.0. The minimum atomic E-state index is -0.497. The lowest BCUT2D eigenvalue weighted by atomic mass is 10.1. The Bertz CT molecular complexity index is 1070. The number of nitrogens with one attached hydrogen (secondary N) is 2. The summed E-state index contributed by atoms with van der Waals surface area (Å²) in [5.74, 6) is 0.748. The van der Waals surface area contributed by atoms with E-state index in [2.05, 4.69) is 34.6 Å². The van der Waals surface area contributed by atoms with Gasteiger partial charge in [-0.2, -0.15) is 10.2 Å². The largest absolute Gasteiger partial charge is 0.493 e. The number of carbonyl (C=O) groups excluding carboxylic acids is 1. The van der Waals surface area contributed by atoms with Crippen molar-refractivity contribution in [3.63, 3.8) is 0 Å². The molecule has 0 saturated carbocycles. The topological polar surface area (TPSA) is 96.4 Å². The molecule has 0 atom stereocenters. The van der Waals surface area contributed by atoms with Crippen molar-refractivity contribution in [2.75, 3.05) is 6.61 Å². The second-order valence-electron chi connectivity index (χ2n) is 6.81. The van der Waals surface area contributed by atoms with E-state index in [1.165, 1.54) is 0 Å². The fraction of sp³-hybridized carbons (Fsp3) is 0.238. The van der Waals surface area contributed by atoms with E-state index in [9.17, 15) is 9.59 Å². The number of amides is 1. The summed E-state index contributed by atoms with van der Waals surface area (Å²) in [5.41, 5.74) is 3.77. The quantitative estimate of drug-likeness (QED) is 0.509. The van der Waals surface area contributed by atoms with Crippen molar-refractivity contribution in [1.29, 1.82) is 0 Å². The lowest BCUT2D eigenvalue weighted by Gasteiger charge is -2.09. The normalized spacial score (nSPS) is 11.6. The van der Waals surface area contributed by atoms with Crippen LogP contribution in [-0.4, -0.2) is 28.4 Å². The van der Waals surface area contributed by atoms with Crippen molar-refractivity contribution in [1.82, 2.24) is 15.6 Å². The van der Waals surface area contributed by atoms with Gasteiger partial charge in [0.25, 0.3) is 11.5 Å². The standard InChI is InChI=1S/C21H22N4O3/c1-13(2)12-28-16-10-8-15(9-11-16)14(3)22-25-21(27)19-17-6-4-5-7-18(17)20(26)24-23-19/h4-11,13H,12H2,1-3H3,(H,24,26)(H,25,27)/b22-14-. The zero-order valence-corrected chi connectivity index (χ0v) is 16.0. The number of hydrogen-bond acceptors (Lipinski definition) is 5. The van der Waals surface area contributed by atoms with E-state index in [1.807, 2.05) is 24.3 Å². The average molecular weight is 378 g/mol. The van der Waals surface area contributed by atoms with Crippen LogP contribution in [0.2, 0.25) is 0 Å². The van der Waals surface area contributed by atoms with E-state index in [4.69, 9.17) is 4.74 Å². The number of H-pyrrole nitrogens is 1. The van der Waals surface area contributed by atoms with Gasteiger partial charge in [-0.1, -0.05) is 32.0 Å². The van der Waals surface area contributed by atoms with Crippen LogP contribution in [-0.2, 0) is 0 Å². The summed E-state index contributed by atoms with van der Waals surface area (Å²) < 4.78 is 5.66. The molecule has 2 aromatic carbocycles. The Morgan fingerprint density at radius 3 is 2.50 bits per heavy atom. The maximum absolute atomic E-state index is 12.5. The number of fused-ring (bicyclic) bond motifs is 1. The fourth-order valence-electron chi connectivity index (χ4n) is 2.60. The fourth-order valence-corrected chi connectivity index (χ4v) is 2.60. The van der Waals surface area contributed by atoms with Crippen LogP contribution in [0, 0.1) is 5.92 Å². The monoisotopic (exact) mass is 378 g/mol. The first-order chi connectivity index (χ1) is 13.5.